The SMILES string of the molecule is CC(C)c1cc(O[C@@H]2O[C@H](CO)[C@@H](O)[C@H](O)[C@H]2O)c2c(c1O)CC[C@H]1C3=C(CC[C@]21C)C(=O)OC3. The number of hydrogen-bond donors (Lipinski definition) is 5. The molecule has 1 fully saturated rings. The molecular formula is C26H34O9. The fourth-order valence-corrected chi connectivity index (χ4v) is 6.46. The highest BCUT2D eigenvalue weighted by molar-refractivity contribution is 5.92. The highest BCUT2D eigenvalue weighted by Gasteiger charge is 2.52. The summed E-state index contributed by atoms with van der Waals surface area (Å²) in [6, 6.07) is 1.76. The number of cyclic esters (lactones) is 1. The summed E-state index contributed by atoms with van der Waals surface area (Å²) in [5.41, 5.74) is 3.59. The fraction of sp³-hybridized carbons (Fsp3) is 0.654. The molecule has 0 unspecified atom stereocenters. The molecular weight excluding hydrogens is 456 g/mol. The first-order valence-electron chi connectivity index (χ1n) is 12.3. The Kier molecular flexibility index (Phi) is 6.12. The minimum Gasteiger partial charge on any atom is -0.507 e. The first-order valence-corrected chi connectivity index (χ1v) is 12.3. The zero-order valence-corrected chi connectivity index (χ0v) is 20.2. The van der Waals surface area contributed by atoms with Gasteiger partial charge in [-0.25, -0.2) is 4.79 Å². The Morgan fingerprint density at radius 3 is 2.60 bits per heavy atom. The standard InChI is InChI=1S/C26H34O9/c1-11(2)14-8-17(34-25-23(31)22(30)21(29)18(9-27)35-25)19-13(20(14)28)4-5-16-15-10-33-24(32)12(15)6-7-26(16,19)3/h8,11,16,18,21-23,25,27-31H,4-7,9-10H2,1-3H3/t16-,18+,21+,22-,23+,25+,26-/m0/s1. The number of rotatable bonds is 4. The van der Waals surface area contributed by atoms with E-state index in [4.69, 9.17) is 14.2 Å². The summed E-state index contributed by atoms with van der Waals surface area (Å²) in [6.45, 7) is 5.76. The van der Waals surface area contributed by atoms with Crippen molar-refractivity contribution in [3.63, 3.8) is 0 Å². The lowest BCUT2D eigenvalue weighted by Gasteiger charge is -2.48. The maximum atomic E-state index is 12.2. The molecule has 5 rings (SSSR count). The summed E-state index contributed by atoms with van der Waals surface area (Å²) in [6.07, 6.45) is -4.46. The molecule has 4 aliphatic rings. The number of aliphatic hydroxyl groups excluding tert-OH is 4. The van der Waals surface area contributed by atoms with Crippen LogP contribution >= 0.6 is 0 Å². The number of hydrogen-bond acceptors (Lipinski definition) is 9. The van der Waals surface area contributed by atoms with Gasteiger partial charge < -0.3 is 39.7 Å². The van der Waals surface area contributed by atoms with Crippen molar-refractivity contribution in [2.24, 2.45) is 5.92 Å². The van der Waals surface area contributed by atoms with Crippen molar-refractivity contribution in [2.45, 2.75) is 88.5 Å². The number of phenolic OH excluding ortho intramolecular Hbond substituents is 1. The molecule has 35 heavy (non-hydrogen) atoms. The van der Waals surface area contributed by atoms with Crippen LogP contribution in [-0.4, -0.2) is 75.4 Å². The Morgan fingerprint density at radius 2 is 1.91 bits per heavy atom. The van der Waals surface area contributed by atoms with Crippen LogP contribution in [0.15, 0.2) is 17.2 Å². The number of fused-ring (bicyclic) bond motifs is 4. The summed E-state index contributed by atoms with van der Waals surface area (Å²) < 4.78 is 17.2. The minimum atomic E-state index is -1.56. The van der Waals surface area contributed by atoms with Crippen LogP contribution in [0.2, 0.25) is 0 Å². The number of carbonyl (C=O) groups is 1. The van der Waals surface area contributed by atoms with Gasteiger partial charge in [0.05, 0.1) is 6.61 Å². The third-order valence-corrected chi connectivity index (χ3v) is 8.44. The quantitative estimate of drug-likeness (QED) is 0.393. The molecule has 0 radical (unpaired) electrons. The predicted molar refractivity (Wildman–Crippen MR) is 123 cm³/mol. The molecule has 0 bridgehead atoms. The number of esters is 1. The Morgan fingerprint density at radius 1 is 1.17 bits per heavy atom. The van der Waals surface area contributed by atoms with Crippen LogP contribution in [0.25, 0.3) is 0 Å². The molecule has 0 spiro atoms. The number of ether oxygens (including phenoxy) is 3. The lowest BCUT2D eigenvalue weighted by atomic mass is 9.56. The van der Waals surface area contributed by atoms with E-state index < -0.39 is 42.7 Å². The summed E-state index contributed by atoms with van der Waals surface area (Å²) >= 11 is 0. The van der Waals surface area contributed by atoms with Crippen molar-refractivity contribution in [3.8, 4) is 11.5 Å². The number of carbonyl (C=O) groups excluding carboxylic acids is 1. The van der Waals surface area contributed by atoms with Gasteiger partial charge in [0.2, 0.25) is 6.29 Å². The van der Waals surface area contributed by atoms with Gasteiger partial charge in [-0.15, -0.1) is 0 Å². The second-order valence-corrected chi connectivity index (χ2v) is 10.7. The third kappa shape index (κ3) is 3.67. The first kappa shape index (κ1) is 24.5. The predicted octanol–water partition coefficient (Wildman–Crippen LogP) is 1.16. The molecule has 0 amide bonds. The van der Waals surface area contributed by atoms with Gasteiger partial charge in [0.1, 0.15) is 42.5 Å². The van der Waals surface area contributed by atoms with E-state index in [9.17, 15) is 30.3 Å². The molecule has 9 heteroatoms. The average Bonchev–Trinajstić information content (AvgIpc) is 3.20. The molecule has 1 aromatic rings. The van der Waals surface area contributed by atoms with Crippen molar-refractivity contribution >= 4 is 5.97 Å². The summed E-state index contributed by atoms with van der Waals surface area (Å²) in [7, 11) is 0. The lowest BCUT2D eigenvalue weighted by Crippen LogP contribution is -2.60. The Bertz CT molecular complexity index is 1060. The maximum Gasteiger partial charge on any atom is 0.334 e. The molecule has 2 aliphatic heterocycles. The van der Waals surface area contributed by atoms with Crippen LogP contribution in [-0.2, 0) is 26.1 Å². The molecule has 5 N–H and O–H groups in total. The van der Waals surface area contributed by atoms with E-state index >= 15 is 0 Å². The van der Waals surface area contributed by atoms with Gasteiger partial charge in [0.25, 0.3) is 0 Å². The second kappa shape index (κ2) is 8.74. The summed E-state index contributed by atoms with van der Waals surface area (Å²) in [4.78, 5) is 12.2. The van der Waals surface area contributed by atoms with E-state index in [2.05, 4.69) is 6.92 Å². The molecule has 9 nitrogen and oxygen atoms in total. The second-order valence-electron chi connectivity index (χ2n) is 10.7. The zero-order chi connectivity index (χ0) is 25.2. The van der Waals surface area contributed by atoms with Crippen molar-refractivity contribution in [2.75, 3.05) is 13.2 Å². The van der Waals surface area contributed by atoms with Crippen LogP contribution in [0.1, 0.15) is 62.6 Å². The van der Waals surface area contributed by atoms with Crippen molar-refractivity contribution in [1.82, 2.24) is 0 Å². The third-order valence-electron chi connectivity index (χ3n) is 8.44. The zero-order valence-electron chi connectivity index (χ0n) is 20.2. The molecule has 7 atom stereocenters. The minimum absolute atomic E-state index is 0.00972. The summed E-state index contributed by atoms with van der Waals surface area (Å²) in [5, 5.41) is 51.9. The van der Waals surface area contributed by atoms with Crippen LogP contribution in [0.4, 0.5) is 0 Å². The average molecular weight is 491 g/mol. The van der Waals surface area contributed by atoms with Crippen molar-refractivity contribution in [1.29, 1.82) is 0 Å². The molecule has 1 aromatic carbocycles. The van der Waals surface area contributed by atoms with E-state index in [1.165, 1.54) is 0 Å². The van der Waals surface area contributed by atoms with E-state index in [1.54, 1.807) is 6.07 Å². The number of aliphatic hydroxyl groups is 4. The van der Waals surface area contributed by atoms with Gasteiger partial charge in [-0.05, 0) is 49.2 Å². The van der Waals surface area contributed by atoms with Gasteiger partial charge in [0, 0.05) is 27.7 Å². The first-order chi connectivity index (χ1) is 16.6. The highest BCUT2D eigenvalue weighted by atomic mass is 16.7. The van der Waals surface area contributed by atoms with E-state index in [1.807, 2.05) is 13.8 Å². The number of aromatic hydroxyl groups is 1. The number of phenols is 1. The summed E-state index contributed by atoms with van der Waals surface area (Å²) in [5.74, 6) is 0.432. The normalized spacial score (nSPS) is 36.5. The van der Waals surface area contributed by atoms with Crippen LogP contribution in [0.5, 0.6) is 11.5 Å². The van der Waals surface area contributed by atoms with Crippen molar-refractivity contribution in [3.05, 3.63) is 33.9 Å². The molecule has 192 valence electrons. The largest absolute Gasteiger partial charge is 0.507 e. The Balaban J connectivity index is 1.61. The van der Waals surface area contributed by atoms with E-state index in [0.29, 0.717) is 30.6 Å². The van der Waals surface area contributed by atoms with Gasteiger partial charge in [-0.1, -0.05) is 20.8 Å². The van der Waals surface area contributed by atoms with Crippen molar-refractivity contribution < 1.29 is 44.5 Å². The monoisotopic (exact) mass is 490 g/mol. The van der Waals surface area contributed by atoms with Gasteiger partial charge in [0.15, 0.2) is 0 Å². The molecule has 0 saturated carbocycles. The highest BCUT2D eigenvalue weighted by Crippen LogP contribution is 2.58. The van der Waals surface area contributed by atoms with Crippen LogP contribution in [0, 0.1) is 5.92 Å². The van der Waals surface area contributed by atoms with E-state index in [-0.39, 0.29) is 30.2 Å². The van der Waals surface area contributed by atoms with Gasteiger partial charge in [-0.3, -0.25) is 0 Å². The molecule has 2 heterocycles. The Labute approximate surface area is 203 Å². The fourth-order valence-electron chi connectivity index (χ4n) is 6.46. The Hall–Kier alpha value is -2.17. The van der Waals surface area contributed by atoms with Gasteiger partial charge in [-0.2, -0.15) is 0 Å². The topological polar surface area (TPSA) is 146 Å². The molecule has 1 saturated heterocycles. The molecule has 2 aliphatic carbocycles. The van der Waals surface area contributed by atoms with Crippen LogP contribution in [0.3, 0.4) is 0 Å². The lowest BCUT2D eigenvalue weighted by molar-refractivity contribution is -0.277. The van der Waals surface area contributed by atoms with E-state index in [0.717, 1.165) is 28.7 Å². The van der Waals surface area contributed by atoms with Gasteiger partial charge >= 0.3 is 5.97 Å². The maximum absolute atomic E-state index is 12.2. The number of benzene rings is 1. The molecule has 0 aromatic heterocycles. The van der Waals surface area contributed by atoms with Crippen LogP contribution < -0.4 is 4.74 Å². The smallest absolute Gasteiger partial charge is 0.334 e.